The van der Waals surface area contributed by atoms with E-state index in [-0.39, 0.29) is 12.5 Å². The number of aliphatic hydroxyl groups excluding tert-OH is 1. The van der Waals surface area contributed by atoms with Gasteiger partial charge in [-0.3, -0.25) is 4.79 Å². The van der Waals surface area contributed by atoms with Gasteiger partial charge in [0, 0.05) is 19.6 Å². The highest BCUT2D eigenvalue weighted by Gasteiger charge is 2.00. The molecule has 0 saturated carbocycles. The van der Waals surface area contributed by atoms with Crippen LogP contribution in [0.4, 0.5) is 0 Å². The van der Waals surface area contributed by atoms with Gasteiger partial charge in [0.25, 0.3) is 0 Å². The van der Waals surface area contributed by atoms with Crippen molar-refractivity contribution in [3.63, 3.8) is 0 Å². The highest BCUT2D eigenvalue weighted by molar-refractivity contribution is 5.75. The summed E-state index contributed by atoms with van der Waals surface area (Å²) in [4.78, 5) is 11.5. The Morgan fingerprint density at radius 2 is 1.17 bits per heavy atom. The minimum atomic E-state index is 0.172. The fourth-order valence-electron chi connectivity index (χ4n) is 2.86. The maximum absolute atomic E-state index is 11.5. The number of aliphatic hydroxyl groups is 1. The molecule has 0 aromatic carbocycles. The lowest BCUT2D eigenvalue weighted by molar-refractivity contribution is -0.121. The van der Waals surface area contributed by atoms with Crippen LogP contribution in [0, 0.1) is 0 Å². The summed E-state index contributed by atoms with van der Waals surface area (Å²) in [5, 5.41) is 11.7. The van der Waals surface area contributed by atoms with E-state index in [4.69, 9.17) is 5.11 Å². The molecule has 138 valence electrons. The summed E-state index contributed by atoms with van der Waals surface area (Å²) in [5.74, 6) is 0.172. The fraction of sp³-hybridized carbons (Fsp3) is 0.950. The smallest absolute Gasteiger partial charge is 0.219 e. The molecule has 1 amide bonds. The standard InChI is InChI=1S/C20H41NO2/c1-2-3-4-5-6-7-8-9-10-11-12-15-18-21-20(23)17-14-13-16-19-22/h22H,2-19H2,1H3,(H,21,23). The maximum Gasteiger partial charge on any atom is 0.219 e. The van der Waals surface area contributed by atoms with Crippen molar-refractivity contribution < 1.29 is 9.90 Å². The molecule has 0 bridgehead atoms. The van der Waals surface area contributed by atoms with Gasteiger partial charge in [0.1, 0.15) is 0 Å². The van der Waals surface area contributed by atoms with E-state index in [0.717, 1.165) is 32.2 Å². The first-order valence-corrected chi connectivity index (χ1v) is 10.2. The van der Waals surface area contributed by atoms with Crippen molar-refractivity contribution >= 4 is 5.91 Å². The molecule has 3 nitrogen and oxygen atoms in total. The highest BCUT2D eigenvalue weighted by Crippen LogP contribution is 2.11. The van der Waals surface area contributed by atoms with Crippen LogP contribution in [-0.2, 0) is 4.79 Å². The van der Waals surface area contributed by atoms with E-state index in [9.17, 15) is 4.79 Å². The van der Waals surface area contributed by atoms with Crippen LogP contribution in [0.15, 0.2) is 0 Å². The molecule has 0 aliphatic carbocycles. The van der Waals surface area contributed by atoms with E-state index in [1.54, 1.807) is 0 Å². The highest BCUT2D eigenvalue weighted by atomic mass is 16.2. The molecule has 0 heterocycles. The molecule has 0 aliphatic heterocycles. The van der Waals surface area contributed by atoms with Crippen molar-refractivity contribution in [1.82, 2.24) is 5.32 Å². The Morgan fingerprint density at radius 3 is 1.70 bits per heavy atom. The van der Waals surface area contributed by atoms with Gasteiger partial charge in [-0.25, -0.2) is 0 Å². The zero-order chi connectivity index (χ0) is 17.0. The number of hydrogen-bond acceptors (Lipinski definition) is 2. The Bertz CT molecular complexity index is 244. The maximum atomic E-state index is 11.5. The monoisotopic (exact) mass is 327 g/mol. The average molecular weight is 328 g/mol. The lowest BCUT2D eigenvalue weighted by Gasteiger charge is -2.05. The molecular weight excluding hydrogens is 286 g/mol. The summed E-state index contributed by atoms with van der Waals surface area (Å²) < 4.78 is 0. The second-order valence-electron chi connectivity index (χ2n) is 6.77. The molecule has 0 aliphatic rings. The number of carbonyl (C=O) groups excluding carboxylic acids is 1. The molecular formula is C20H41NO2. The van der Waals surface area contributed by atoms with Gasteiger partial charge in [-0.05, 0) is 19.3 Å². The van der Waals surface area contributed by atoms with Crippen LogP contribution in [0.5, 0.6) is 0 Å². The molecule has 0 rings (SSSR count). The minimum Gasteiger partial charge on any atom is -0.396 e. The van der Waals surface area contributed by atoms with Crippen molar-refractivity contribution in [3.8, 4) is 0 Å². The number of rotatable bonds is 18. The first-order chi connectivity index (χ1) is 11.3. The van der Waals surface area contributed by atoms with Crippen molar-refractivity contribution in [2.45, 2.75) is 110 Å². The van der Waals surface area contributed by atoms with Gasteiger partial charge < -0.3 is 10.4 Å². The molecule has 0 aromatic heterocycles. The molecule has 0 aromatic rings. The minimum absolute atomic E-state index is 0.172. The third-order valence-electron chi connectivity index (χ3n) is 4.41. The fourth-order valence-corrected chi connectivity index (χ4v) is 2.86. The summed E-state index contributed by atoms with van der Waals surface area (Å²) in [7, 11) is 0. The molecule has 0 spiro atoms. The number of amides is 1. The Morgan fingerprint density at radius 1 is 0.696 bits per heavy atom. The molecule has 2 N–H and O–H groups in total. The van der Waals surface area contributed by atoms with Crippen LogP contribution in [0.1, 0.15) is 110 Å². The zero-order valence-corrected chi connectivity index (χ0v) is 15.6. The predicted octanol–water partition coefficient (Wildman–Crippen LogP) is 5.36. The lowest BCUT2D eigenvalue weighted by atomic mass is 10.1. The number of hydrogen-bond donors (Lipinski definition) is 2. The Hall–Kier alpha value is -0.570. The second kappa shape index (κ2) is 19.5. The van der Waals surface area contributed by atoms with Crippen LogP contribution in [0.25, 0.3) is 0 Å². The SMILES string of the molecule is CCCCCCCCCCCCCCNC(=O)CCCCCO. The molecule has 0 saturated heterocycles. The molecule has 3 heteroatoms. The number of carbonyl (C=O) groups is 1. The Labute approximate surface area is 144 Å². The van der Waals surface area contributed by atoms with Crippen molar-refractivity contribution in [1.29, 1.82) is 0 Å². The van der Waals surface area contributed by atoms with Gasteiger partial charge in [0.15, 0.2) is 0 Å². The van der Waals surface area contributed by atoms with E-state index in [1.165, 1.54) is 70.6 Å². The predicted molar refractivity (Wildman–Crippen MR) is 99.6 cm³/mol. The number of nitrogens with one attached hydrogen (secondary N) is 1. The van der Waals surface area contributed by atoms with Gasteiger partial charge in [-0.15, -0.1) is 0 Å². The van der Waals surface area contributed by atoms with Gasteiger partial charge in [0.2, 0.25) is 5.91 Å². The summed E-state index contributed by atoms with van der Waals surface area (Å²) in [6, 6.07) is 0. The quantitative estimate of drug-likeness (QED) is 0.333. The molecule has 0 radical (unpaired) electrons. The molecule has 0 unspecified atom stereocenters. The van der Waals surface area contributed by atoms with Crippen LogP contribution in [-0.4, -0.2) is 24.2 Å². The largest absolute Gasteiger partial charge is 0.396 e. The van der Waals surface area contributed by atoms with E-state index < -0.39 is 0 Å². The zero-order valence-electron chi connectivity index (χ0n) is 15.6. The molecule has 0 atom stereocenters. The van der Waals surface area contributed by atoms with Gasteiger partial charge in [0.05, 0.1) is 0 Å². The number of unbranched alkanes of at least 4 members (excludes halogenated alkanes) is 13. The van der Waals surface area contributed by atoms with Crippen LogP contribution >= 0.6 is 0 Å². The van der Waals surface area contributed by atoms with Crippen molar-refractivity contribution in [2.75, 3.05) is 13.2 Å². The third-order valence-corrected chi connectivity index (χ3v) is 4.41. The van der Waals surface area contributed by atoms with E-state index in [2.05, 4.69) is 12.2 Å². The molecule has 23 heavy (non-hydrogen) atoms. The summed E-state index contributed by atoms with van der Waals surface area (Å²) in [6.45, 7) is 3.33. The topological polar surface area (TPSA) is 49.3 Å². The van der Waals surface area contributed by atoms with Crippen molar-refractivity contribution in [3.05, 3.63) is 0 Å². The van der Waals surface area contributed by atoms with Gasteiger partial charge in [-0.2, -0.15) is 0 Å². The first-order valence-electron chi connectivity index (χ1n) is 10.2. The van der Waals surface area contributed by atoms with Crippen molar-refractivity contribution in [2.24, 2.45) is 0 Å². The second-order valence-corrected chi connectivity index (χ2v) is 6.77. The van der Waals surface area contributed by atoms with E-state index in [0.29, 0.717) is 6.42 Å². The third kappa shape index (κ3) is 19.4. The van der Waals surface area contributed by atoms with Crippen LogP contribution < -0.4 is 5.32 Å². The lowest BCUT2D eigenvalue weighted by Crippen LogP contribution is -2.23. The van der Waals surface area contributed by atoms with Gasteiger partial charge in [-0.1, -0.05) is 84.0 Å². The van der Waals surface area contributed by atoms with Gasteiger partial charge >= 0.3 is 0 Å². The molecule has 0 fully saturated rings. The normalized spacial score (nSPS) is 10.9. The first kappa shape index (κ1) is 22.4. The average Bonchev–Trinajstić information content (AvgIpc) is 2.56. The summed E-state index contributed by atoms with van der Waals surface area (Å²) in [6.07, 6.45) is 19.5. The summed E-state index contributed by atoms with van der Waals surface area (Å²) >= 11 is 0. The van der Waals surface area contributed by atoms with Crippen LogP contribution in [0.3, 0.4) is 0 Å². The Balaban J connectivity index is 3.08. The van der Waals surface area contributed by atoms with E-state index in [1.807, 2.05) is 0 Å². The van der Waals surface area contributed by atoms with Crippen LogP contribution in [0.2, 0.25) is 0 Å². The Kier molecular flexibility index (Phi) is 19.0. The van der Waals surface area contributed by atoms with E-state index >= 15 is 0 Å². The summed E-state index contributed by atoms with van der Waals surface area (Å²) in [5.41, 5.74) is 0.